The molecule has 2 aromatic rings. The Kier molecular flexibility index (Phi) is 7.10. The van der Waals surface area contributed by atoms with E-state index in [1.54, 1.807) is 24.3 Å². The number of nitrogens with one attached hydrogen (secondary N) is 2. The fraction of sp³-hybridized carbons (Fsp3) is 0.391. The van der Waals surface area contributed by atoms with Gasteiger partial charge in [-0.3, -0.25) is 9.59 Å². The molecule has 4 N–H and O–H groups in total. The van der Waals surface area contributed by atoms with Gasteiger partial charge in [0.25, 0.3) is 11.8 Å². The maximum atomic E-state index is 13.0. The largest absolute Gasteiger partial charge is 0.349 e. The van der Waals surface area contributed by atoms with Crippen molar-refractivity contribution in [2.45, 2.75) is 44.2 Å². The highest BCUT2D eigenvalue weighted by molar-refractivity contribution is 6.05. The number of amides is 2. The van der Waals surface area contributed by atoms with E-state index in [9.17, 15) is 14.0 Å². The molecule has 2 unspecified atom stereocenters. The topological polar surface area (TPSA) is 84.2 Å². The molecule has 160 valence electrons. The molecule has 0 saturated heterocycles. The molecule has 30 heavy (non-hydrogen) atoms. The number of carbonyl (C=O) groups is 2. The van der Waals surface area contributed by atoms with E-state index in [1.165, 1.54) is 30.7 Å². The molecule has 4 rings (SSSR count). The van der Waals surface area contributed by atoms with Gasteiger partial charge in [0.15, 0.2) is 0 Å². The third-order valence-corrected chi connectivity index (χ3v) is 6.16. The zero-order valence-corrected chi connectivity index (χ0v) is 17.5. The van der Waals surface area contributed by atoms with Crippen LogP contribution in [0.5, 0.6) is 0 Å². The van der Waals surface area contributed by atoms with Crippen LogP contribution in [-0.4, -0.2) is 23.9 Å². The minimum Gasteiger partial charge on any atom is -0.349 e. The zero-order valence-electron chi connectivity index (χ0n) is 16.6. The molecule has 0 radical (unpaired) electrons. The summed E-state index contributed by atoms with van der Waals surface area (Å²) in [5.74, 6) is 0.0258. The first kappa shape index (κ1) is 22.2. The number of halogens is 2. The first-order valence-corrected chi connectivity index (χ1v) is 10.2. The van der Waals surface area contributed by atoms with Crippen molar-refractivity contribution in [2.24, 2.45) is 17.6 Å². The van der Waals surface area contributed by atoms with Crippen molar-refractivity contribution < 1.29 is 14.0 Å². The highest BCUT2D eigenvalue weighted by atomic mass is 35.5. The van der Waals surface area contributed by atoms with Gasteiger partial charge < -0.3 is 16.4 Å². The van der Waals surface area contributed by atoms with Crippen molar-refractivity contribution in [1.82, 2.24) is 5.32 Å². The lowest BCUT2D eigenvalue weighted by molar-refractivity contribution is 0.0756. The molecule has 2 fully saturated rings. The summed E-state index contributed by atoms with van der Waals surface area (Å²) in [4.78, 5) is 25.2. The first-order valence-electron chi connectivity index (χ1n) is 10.2. The average molecular weight is 432 g/mol. The molecule has 0 aromatic heterocycles. The molecule has 0 heterocycles. The highest BCUT2D eigenvalue weighted by Crippen LogP contribution is 2.39. The van der Waals surface area contributed by atoms with Crippen LogP contribution in [0.15, 0.2) is 48.5 Å². The van der Waals surface area contributed by atoms with E-state index in [0.717, 1.165) is 25.7 Å². The maximum absolute atomic E-state index is 13.0. The molecule has 2 aliphatic rings. The Balaban J connectivity index is 0.00000256. The van der Waals surface area contributed by atoms with Crippen molar-refractivity contribution in [1.29, 1.82) is 0 Å². The summed E-state index contributed by atoms with van der Waals surface area (Å²) in [6.07, 6.45) is 5.37. The summed E-state index contributed by atoms with van der Waals surface area (Å²) in [6.45, 7) is 0. The number of hydrogen-bond donors (Lipinski definition) is 3. The van der Waals surface area contributed by atoms with Gasteiger partial charge in [0, 0.05) is 28.9 Å². The number of fused-ring (bicyclic) bond motifs is 2. The molecular weight excluding hydrogens is 405 g/mol. The number of rotatable bonds is 4. The van der Waals surface area contributed by atoms with Crippen LogP contribution in [0.4, 0.5) is 10.1 Å². The van der Waals surface area contributed by atoms with E-state index in [0.29, 0.717) is 28.7 Å². The van der Waals surface area contributed by atoms with Crippen molar-refractivity contribution in [3.63, 3.8) is 0 Å². The summed E-state index contributed by atoms with van der Waals surface area (Å²) in [5, 5.41) is 5.99. The van der Waals surface area contributed by atoms with Crippen LogP contribution in [0, 0.1) is 17.7 Å². The lowest BCUT2D eigenvalue weighted by Gasteiger charge is -2.45. The Morgan fingerprint density at radius 1 is 0.933 bits per heavy atom. The van der Waals surface area contributed by atoms with E-state index >= 15 is 0 Å². The molecule has 2 amide bonds. The van der Waals surface area contributed by atoms with Gasteiger partial charge in [-0.25, -0.2) is 4.39 Å². The molecule has 2 atom stereocenters. The van der Waals surface area contributed by atoms with Gasteiger partial charge in [-0.15, -0.1) is 12.4 Å². The zero-order chi connectivity index (χ0) is 20.4. The SMILES string of the molecule is Cl.NC1CC2CCCC(C1)C2NC(=O)c1cccc(NC(=O)c2ccc(F)cc2)c1. The van der Waals surface area contributed by atoms with Gasteiger partial charge in [0.05, 0.1) is 0 Å². The third-order valence-electron chi connectivity index (χ3n) is 6.16. The summed E-state index contributed by atoms with van der Waals surface area (Å²) in [5.41, 5.74) is 7.57. The molecule has 2 aliphatic carbocycles. The lowest BCUT2D eigenvalue weighted by atomic mass is 9.67. The van der Waals surface area contributed by atoms with Crippen molar-refractivity contribution in [3.8, 4) is 0 Å². The van der Waals surface area contributed by atoms with Gasteiger partial charge in [0.1, 0.15) is 5.82 Å². The third kappa shape index (κ3) is 4.99. The van der Waals surface area contributed by atoms with Crippen molar-refractivity contribution >= 4 is 29.9 Å². The second-order valence-electron chi connectivity index (χ2n) is 8.22. The van der Waals surface area contributed by atoms with Crippen LogP contribution in [0.2, 0.25) is 0 Å². The Morgan fingerprint density at radius 3 is 2.27 bits per heavy atom. The second kappa shape index (κ2) is 9.58. The van der Waals surface area contributed by atoms with Gasteiger partial charge in [-0.2, -0.15) is 0 Å². The van der Waals surface area contributed by atoms with Crippen LogP contribution in [0.1, 0.15) is 52.8 Å². The summed E-state index contributed by atoms with van der Waals surface area (Å²) in [6, 6.07) is 12.6. The predicted molar refractivity (Wildman–Crippen MR) is 117 cm³/mol. The Labute approximate surface area is 182 Å². The predicted octanol–water partition coefficient (Wildman–Crippen LogP) is 4.14. The molecule has 0 aliphatic heterocycles. The van der Waals surface area contributed by atoms with Gasteiger partial charge in [-0.1, -0.05) is 12.5 Å². The van der Waals surface area contributed by atoms with E-state index in [2.05, 4.69) is 10.6 Å². The number of benzene rings is 2. The average Bonchev–Trinajstić information content (AvgIpc) is 2.69. The van der Waals surface area contributed by atoms with Crippen molar-refractivity contribution in [2.75, 3.05) is 5.32 Å². The maximum Gasteiger partial charge on any atom is 0.255 e. The van der Waals surface area contributed by atoms with Crippen LogP contribution in [0.25, 0.3) is 0 Å². The molecule has 7 heteroatoms. The standard InChI is InChI=1S/C23H26FN3O2.ClH/c24-18-9-7-14(8-10-18)22(28)26-20-6-2-5-17(13-20)23(29)27-21-15-3-1-4-16(21)12-19(25)11-15;/h2,5-10,13,15-16,19,21H,1,3-4,11-12,25H2,(H,26,28)(H,27,29);1H. The van der Waals surface area contributed by atoms with Gasteiger partial charge in [-0.05, 0) is 80.0 Å². The summed E-state index contributed by atoms with van der Waals surface area (Å²) >= 11 is 0. The van der Waals surface area contributed by atoms with E-state index in [-0.39, 0.29) is 36.3 Å². The van der Waals surface area contributed by atoms with Crippen molar-refractivity contribution in [3.05, 3.63) is 65.5 Å². The smallest absolute Gasteiger partial charge is 0.255 e. The minimum absolute atomic E-state index is 0. The van der Waals surface area contributed by atoms with Gasteiger partial charge >= 0.3 is 0 Å². The Hall–Kier alpha value is -2.44. The number of anilines is 1. The molecule has 5 nitrogen and oxygen atoms in total. The fourth-order valence-corrected chi connectivity index (χ4v) is 4.80. The Bertz CT molecular complexity index is 892. The minimum atomic E-state index is -0.395. The summed E-state index contributed by atoms with van der Waals surface area (Å²) in [7, 11) is 0. The molecule has 0 spiro atoms. The molecule has 2 aromatic carbocycles. The molecular formula is C23H27ClFN3O2. The van der Waals surface area contributed by atoms with E-state index < -0.39 is 5.82 Å². The number of hydrogen-bond acceptors (Lipinski definition) is 3. The van der Waals surface area contributed by atoms with Crippen LogP contribution >= 0.6 is 12.4 Å². The van der Waals surface area contributed by atoms with E-state index in [4.69, 9.17) is 5.73 Å². The normalized spacial score (nSPS) is 25.0. The Morgan fingerprint density at radius 2 is 1.60 bits per heavy atom. The van der Waals surface area contributed by atoms with E-state index in [1.807, 2.05) is 0 Å². The first-order chi connectivity index (χ1) is 14.0. The lowest BCUT2D eigenvalue weighted by Crippen LogP contribution is -2.53. The van der Waals surface area contributed by atoms with Gasteiger partial charge in [0.2, 0.25) is 0 Å². The number of nitrogens with two attached hydrogens (primary N) is 1. The van der Waals surface area contributed by atoms with Crippen LogP contribution < -0.4 is 16.4 Å². The highest BCUT2D eigenvalue weighted by Gasteiger charge is 2.39. The quantitative estimate of drug-likeness (QED) is 0.680. The van der Waals surface area contributed by atoms with Crippen LogP contribution in [-0.2, 0) is 0 Å². The number of carbonyl (C=O) groups excluding carboxylic acids is 2. The van der Waals surface area contributed by atoms with Crippen LogP contribution in [0.3, 0.4) is 0 Å². The summed E-state index contributed by atoms with van der Waals surface area (Å²) < 4.78 is 13.0. The molecule has 2 saturated carbocycles. The fourth-order valence-electron chi connectivity index (χ4n) is 4.80. The molecule has 2 bridgehead atoms. The second-order valence-corrected chi connectivity index (χ2v) is 8.22. The monoisotopic (exact) mass is 431 g/mol.